The fourth-order valence-corrected chi connectivity index (χ4v) is 3.13. The van der Waals surface area contributed by atoms with Crippen molar-refractivity contribution < 1.29 is 24.1 Å². The second kappa shape index (κ2) is 9.61. The molecule has 31 heavy (non-hydrogen) atoms. The van der Waals surface area contributed by atoms with E-state index in [4.69, 9.17) is 0 Å². The van der Waals surface area contributed by atoms with E-state index in [0.717, 1.165) is 22.6 Å². The largest absolute Gasteiger partial charge is 0.354 e. The third-order valence-corrected chi connectivity index (χ3v) is 4.72. The summed E-state index contributed by atoms with van der Waals surface area (Å²) in [4.78, 5) is 59.6. The molecule has 1 aliphatic heterocycles. The third kappa shape index (κ3) is 5.30. The van der Waals surface area contributed by atoms with Crippen LogP contribution in [-0.4, -0.2) is 53.1 Å². The number of aryl methyl sites for hydroxylation is 1. The molecule has 2 aromatic rings. The highest BCUT2D eigenvalue weighted by molar-refractivity contribution is 6.22. The average molecular weight is 424 g/mol. The first-order valence-corrected chi connectivity index (χ1v) is 9.59. The molecule has 0 bridgehead atoms. The van der Waals surface area contributed by atoms with Crippen molar-refractivity contribution in [1.29, 1.82) is 0 Å². The summed E-state index contributed by atoms with van der Waals surface area (Å²) in [6, 6.07) is 12.9. The lowest BCUT2D eigenvalue weighted by Crippen LogP contribution is -2.42. The molecule has 2 N–H and O–H groups in total. The zero-order valence-corrected chi connectivity index (χ0v) is 16.5. The predicted molar refractivity (Wildman–Crippen MR) is 109 cm³/mol. The zero-order chi connectivity index (χ0) is 22.4. The first kappa shape index (κ1) is 21.6. The van der Waals surface area contributed by atoms with Crippen LogP contribution in [-0.2, 0) is 16.0 Å². The van der Waals surface area contributed by atoms with Gasteiger partial charge in [0.05, 0.1) is 16.1 Å². The number of carbonyl (C=O) groups excluding carboxylic acids is 4. The monoisotopic (exact) mass is 424 g/mol. The highest BCUT2D eigenvalue weighted by atomic mass is 16.6. The average Bonchev–Trinajstić information content (AvgIpc) is 3.00. The number of nitro benzene ring substituents is 1. The molecule has 1 aliphatic rings. The molecule has 0 fully saturated rings. The number of nitro groups is 1. The first-order chi connectivity index (χ1) is 14.9. The molecule has 0 aromatic heterocycles. The molecule has 0 aliphatic carbocycles. The fourth-order valence-electron chi connectivity index (χ4n) is 3.13. The minimum atomic E-state index is -0.756. The van der Waals surface area contributed by atoms with Crippen molar-refractivity contribution >= 4 is 29.3 Å². The highest BCUT2D eigenvalue weighted by Gasteiger charge is 2.37. The molecule has 0 atom stereocenters. The lowest BCUT2D eigenvalue weighted by Gasteiger charge is -2.13. The molecule has 2 aromatic carbocycles. The first-order valence-electron chi connectivity index (χ1n) is 9.59. The number of hydrogen-bond donors (Lipinski definition) is 2. The Hall–Kier alpha value is -4.08. The Balaban J connectivity index is 1.41. The lowest BCUT2D eigenvalue weighted by molar-refractivity contribution is -0.384. The van der Waals surface area contributed by atoms with Crippen molar-refractivity contribution in [2.45, 2.75) is 12.8 Å². The van der Waals surface area contributed by atoms with E-state index in [0.29, 0.717) is 12.8 Å². The van der Waals surface area contributed by atoms with E-state index in [1.54, 1.807) is 0 Å². The maximum atomic E-state index is 12.4. The van der Waals surface area contributed by atoms with Gasteiger partial charge in [-0.05, 0) is 18.1 Å². The number of nitrogens with zero attached hydrogens (tertiary/aromatic N) is 2. The second-order valence-electron chi connectivity index (χ2n) is 6.87. The van der Waals surface area contributed by atoms with Gasteiger partial charge in [0.2, 0.25) is 11.8 Å². The van der Waals surface area contributed by atoms with E-state index in [1.165, 1.54) is 6.07 Å². The number of hydrogen-bond acceptors (Lipinski definition) is 6. The van der Waals surface area contributed by atoms with Crippen LogP contribution < -0.4 is 10.6 Å². The minimum Gasteiger partial charge on any atom is -0.354 e. The maximum absolute atomic E-state index is 12.4. The maximum Gasteiger partial charge on any atom is 0.270 e. The van der Waals surface area contributed by atoms with Crippen LogP contribution in [0.25, 0.3) is 0 Å². The summed E-state index contributed by atoms with van der Waals surface area (Å²) in [6.07, 6.45) is 0.927. The van der Waals surface area contributed by atoms with Crippen LogP contribution in [0.1, 0.15) is 32.7 Å². The van der Waals surface area contributed by atoms with Crippen molar-refractivity contribution in [1.82, 2.24) is 15.5 Å². The topological polar surface area (TPSA) is 139 Å². The summed E-state index contributed by atoms with van der Waals surface area (Å²) < 4.78 is 0. The Morgan fingerprint density at radius 3 is 2.23 bits per heavy atom. The van der Waals surface area contributed by atoms with Gasteiger partial charge in [0, 0.05) is 31.6 Å². The molecule has 3 rings (SSSR count). The van der Waals surface area contributed by atoms with Crippen molar-refractivity contribution in [3.63, 3.8) is 0 Å². The highest BCUT2D eigenvalue weighted by Crippen LogP contribution is 2.26. The van der Waals surface area contributed by atoms with Crippen molar-refractivity contribution in [3.8, 4) is 0 Å². The Morgan fingerprint density at radius 2 is 1.55 bits per heavy atom. The Bertz CT molecular complexity index is 1040. The van der Waals surface area contributed by atoms with Gasteiger partial charge in [-0.15, -0.1) is 0 Å². The van der Waals surface area contributed by atoms with Crippen LogP contribution in [0.2, 0.25) is 0 Å². The molecule has 10 heteroatoms. The molecule has 0 spiro atoms. The van der Waals surface area contributed by atoms with E-state index < -0.39 is 29.2 Å². The number of rotatable bonds is 9. The third-order valence-electron chi connectivity index (χ3n) is 4.72. The van der Waals surface area contributed by atoms with E-state index in [2.05, 4.69) is 10.6 Å². The number of carbonyl (C=O) groups is 4. The molecule has 160 valence electrons. The van der Waals surface area contributed by atoms with Crippen LogP contribution in [0, 0.1) is 10.1 Å². The predicted octanol–water partition coefficient (Wildman–Crippen LogP) is 1.06. The Morgan fingerprint density at radius 1 is 0.903 bits per heavy atom. The smallest absolute Gasteiger partial charge is 0.270 e. The van der Waals surface area contributed by atoms with Gasteiger partial charge in [-0.1, -0.05) is 30.3 Å². The number of nitrogens with one attached hydrogen (secondary N) is 2. The number of benzene rings is 2. The zero-order valence-electron chi connectivity index (χ0n) is 16.5. The molecule has 1 heterocycles. The fraction of sp³-hybridized carbons (Fsp3) is 0.238. The summed E-state index contributed by atoms with van der Waals surface area (Å²) in [7, 11) is 0. The molecule has 4 amide bonds. The molecular weight excluding hydrogens is 404 g/mol. The van der Waals surface area contributed by atoms with Gasteiger partial charge in [0.15, 0.2) is 0 Å². The summed E-state index contributed by atoms with van der Waals surface area (Å²) >= 11 is 0. The minimum absolute atomic E-state index is 0.0223. The van der Waals surface area contributed by atoms with Crippen molar-refractivity contribution in [3.05, 3.63) is 75.3 Å². The van der Waals surface area contributed by atoms with E-state index in [1.807, 2.05) is 30.3 Å². The van der Waals surface area contributed by atoms with E-state index in [-0.39, 0.29) is 35.8 Å². The van der Waals surface area contributed by atoms with Crippen LogP contribution in [0.3, 0.4) is 0 Å². The molecule has 0 saturated carbocycles. The van der Waals surface area contributed by atoms with Crippen molar-refractivity contribution in [2.24, 2.45) is 0 Å². The Labute approximate surface area is 177 Å². The van der Waals surface area contributed by atoms with Crippen LogP contribution in [0.15, 0.2) is 48.5 Å². The quantitative estimate of drug-likeness (QED) is 0.267. The molecular formula is C21H20N4O6. The van der Waals surface area contributed by atoms with Gasteiger partial charge in [0.1, 0.15) is 6.54 Å². The molecule has 0 saturated heterocycles. The number of amides is 4. The standard InChI is InChI=1S/C21H20N4O6/c26-18(9-6-14-4-2-1-3-5-14)22-10-11-23-19(27)13-24-20(28)16-8-7-15(25(30)31)12-17(16)21(24)29/h1-5,7-8,12H,6,9-11,13H2,(H,22,26)(H,23,27). The normalized spacial score (nSPS) is 12.5. The number of non-ortho nitro benzene ring substituents is 1. The summed E-state index contributed by atoms with van der Waals surface area (Å²) in [6.45, 7) is -0.180. The van der Waals surface area contributed by atoms with Gasteiger partial charge in [-0.3, -0.25) is 34.2 Å². The number of imide groups is 1. The van der Waals surface area contributed by atoms with Gasteiger partial charge < -0.3 is 10.6 Å². The van der Waals surface area contributed by atoms with Crippen LogP contribution >= 0.6 is 0 Å². The summed E-state index contributed by atoms with van der Waals surface area (Å²) in [5.41, 5.74) is 0.665. The van der Waals surface area contributed by atoms with Gasteiger partial charge in [0.25, 0.3) is 17.5 Å². The van der Waals surface area contributed by atoms with Gasteiger partial charge in [-0.25, -0.2) is 0 Å². The van der Waals surface area contributed by atoms with Crippen LogP contribution in [0.5, 0.6) is 0 Å². The van der Waals surface area contributed by atoms with Crippen molar-refractivity contribution in [2.75, 3.05) is 19.6 Å². The number of fused-ring (bicyclic) bond motifs is 1. The lowest BCUT2D eigenvalue weighted by atomic mass is 10.1. The van der Waals surface area contributed by atoms with E-state index >= 15 is 0 Å². The summed E-state index contributed by atoms with van der Waals surface area (Å²) in [5.74, 6) is -2.17. The van der Waals surface area contributed by atoms with Gasteiger partial charge >= 0.3 is 0 Å². The molecule has 10 nitrogen and oxygen atoms in total. The van der Waals surface area contributed by atoms with Crippen LogP contribution in [0.4, 0.5) is 5.69 Å². The van der Waals surface area contributed by atoms with Gasteiger partial charge in [-0.2, -0.15) is 0 Å². The SMILES string of the molecule is O=C(CCc1ccccc1)NCCNC(=O)CN1C(=O)c2ccc([N+](=O)[O-])cc2C1=O. The molecule has 0 radical (unpaired) electrons. The van der Waals surface area contributed by atoms with E-state index in [9.17, 15) is 29.3 Å². The summed E-state index contributed by atoms with van der Waals surface area (Å²) in [5, 5.41) is 16.1. The second-order valence-corrected chi connectivity index (χ2v) is 6.87. The Kier molecular flexibility index (Phi) is 6.71. The molecule has 0 unspecified atom stereocenters.